The summed E-state index contributed by atoms with van der Waals surface area (Å²) in [6, 6.07) is 2.79. The highest BCUT2D eigenvalue weighted by Crippen LogP contribution is 2.28. The summed E-state index contributed by atoms with van der Waals surface area (Å²) in [4.78, 5) is 17.3. The fourth-order valence-electron chi connectivity index (χ4n) is 2.19. The highest BCUT2D eigenvalue weighted by molar-refractivity contribution is 5.84. The number of ether oxygens (including phenoxy) is 1. The number of nitrogens with two attached hydrogens (primary N) is 2. The van der Waals surface area contributed by atoms with E-state index in [4.69, 9.17) is 16.2 Å². The Balaban J connectivity index is 2.30. The number of hydrogen-bond donors (Lipinski definition) is 3. The number of hydrogen-bond acceptors (Lipinski definition) is 6. The second-order valence-corrected chi connectivity index (χ2v) is 4.46. The molecule has 104 valence electrons. The Bertz CT molecular complexity index is 480. The lowest BCUT2D eigenvalue weighted by Gasteiger charge is -2.23. The quantitative estimate of drug-likeness (QED) is 0.676. The van der Waals surface area contributed by atoms with Crippen molar-refractivity contribution in [1.29, 1.82) is 0 Å². The summed E-state index contributed by atoms with van der Waals surface area (Å²) in [5.41, 5.74) is 11.5. The van der Waals surface area contributed by atoms with Crippen molar-refractivity contribution >= 4 is 17.4 Å². The molecule has 2 atom stereocenters. The first kappa shape index (κ1) is 13.4. The predicted octanol–water partition coefficient (Wildman–Crippen LogP) is -0.513. The number of aliphatic hydroxyl groups excluding tert-OH is 1. The normalized spacial score (nSPS) is 22.5. The van der Waals surface area contributed by atoms with Crippen LogP contribution in [0.1, 0.15) is 13.3 Å². The summed E-state index contributed by atoms with van der Waals surface area (Å²) >= 11 is 0. The van der Waals surface area contributed by atoms with Gasteiger partial charge in [0, 0.05) is 13.0 Å². The molecule has 0 radical (unpaired) electrons. The van der Waals surface area contributed by atoms with E-state index in [-0.39, 0.29) is 0 Å². The van der Waals surface area contributed by atoms with Crippen molar-refractivity contribution in [2.75, 3.05) is 23.8 Å². The molecular weight excluding hydrogens is 248 g/mol. The molecule has 7 heteroatoms. The van der Waals surface area contributed by atoms with Gasteiger partial charge in [-0.2, -0.15) is 4.98 Å². The van der Waals surface area contributed by atoms with Crippen LogP contribution in [0, 0.1) is 0 Å². The van der Waals surface area contributed by atoms with Crippen molar-refractivity contribution in [3.63, 3.8) is 0 Å². The molecule has 0 saturated carbocycles. The molecule has 1 aromatic rings. The van der Waals surface area contributed by atoms with Crippen molar-refractivity contribution in [2.45, 2.75) is 25.5 Å². The number of anilines is 2. The molecule has 0 aromatic carbocycles. The van der Waals surface area contributed by atoms with Gasteiger partial charge in [-0.3, -0.25) is 4.79 Å². The van der Waals surface area contributed by atoms with E-state index in [1.165, 1.54) is 0 Å². The van der Waals surface area contributed by atoms with E-state index in [2.05, 4.69) is 4.98 Å². The Hall–Kier alpha value is -2.02. The van der Waals surface area contributed by atoms with E-state index < -0.39 is 18.1 Å². The summed E-state index contributed by atoms with van der Waals surface area (Å²) in [5, 5.41) is 9.67. The molecule has 0 bridgehead atoms. The maximum atomic E-state index is 11.4. The smallest absolute Gasteiger partial charge is 0.240 e. The van der Waals surface area contributed by atoms with E-state index >= 15 is 0 Å². The van der Waals surface area contributed by atoms with E-state index in [0.717, 1.165) is 0 Å². The van der Waals surface area contributed by atoms with Crippen LogP contribution in [-0.2, 0) is 4.79 Å². The molecule has 7 nitrogen and oxygen atoms in total. The number of carbonyl (C=O) groups excluding carboxylic acids is 1. The zero-order chi connectivity index (χ0) is 14.0. The minimum atomic E-state index is -0.590. The van der Waals surface area contributed by atoms with E-state index in [1.807, 2.05) is 6.92 Å². The van der Waals surface area contributed by atoms with Crippen LogP contribution < -0.4 is 21.1 Å². The molecule has 2 heterocycles. The standard InChI is InChI=1S/C12H18N4O3/c1-2-19-12-8(13)3-4-10(15-12)16-6-7(17)5-9(16)11(14)18/h3-4,7,9,17H,2,5-6,13H2,1H3,(H2,14,18). The van der Waals surface area contributed by atoms with Gasteiger partial charge in [0.2, 0.25) is 11.8 Å². The third-order valence-corrected chi connectivity index (χ3v) is 3.06. The number of primary amides is 1. The van der Waals surface area contributed by atoms with Crippen LogP contribution in [0.25, 0.3) is 0 Å². The number of rotatable bonds is 4. The number of amides is 1. The van der Waals surface area contributed by atoms with Gasteiger partial charge in [-0.25, -0.2) is 0 Å². The Morgan fingerprint density at radius 2 is 2.37 bits per heavy atom. The number of aromatic nitrogens is 1. The van der Waals surface area contributed by atoms with Gasteiger partial charge < -0.3 is 26.2 Å². The maximum Gasteiger partial charge on any atom is 0.240 e. The summed E-state index contributed by atoms with van der Waals surface area (Å²) in [6.45, 7) is 2.60. The second kappa shape index (κ2) is 5.31. The zero-order valence-electron chi connectivity index (χ0n) is 10.7. The van der Waals surface area contributed by atoms with Crippen molar-refractivity contribution in [2.24, 2.45) is 5.73 Å². The van der Waals surface area contributed by atoms with Crippen molar-refractivity contribution in [3.8, 4) is 5.88 Å². The molecule has 1 saturated heterocycles. The molecule has 0 aliphatic carbocycles. The topological polar surface area (TPSA) is 115 Å². The monoisotopic (exact) mass is 266 g/mol. The van der Waals surface area contributed by atoms with E-state index in [1.54, 1.807) is 17.0 Å². The van der Waals surface area contributed by atoms with Crippen LogP contribution in [0.2, 0.25) is 0 Å². The zero-order valence-corrected chi connectivity index (χ0v) is 10.7. The average molecular weight is 266 g/mol. The summed E-state index contributed by atoms with van der Waals surface area (Å²) in [5.74, 6) is 0.371. The molecule has 5 N–H and O–H groups in total. The van der Waals surface area contributed by atoms with E-state index in [0.29, 0.717) is 37.0 Å². The highest BCUT2D eigenvalue weighted by Gasteiger charge is 2.35. The lowest BCUT2D eigenvalue weighted by atomic mass is 10.2. The Morgan fingerprint density at radius 3 is 3.00 bits per heavy atom. The molecule has 1 aliphatic heterocycles. The summed E-state index contributed by atoms with van der Waals surface area (Å²) in [7, 11) is 0. The van der Waals surface area contributed by atoms with Crippen LogP contribution in [0.3, 0.4) is 0 Å². The number of aliphatic hydroxyl groups is 1. The van der Waals surface area contributed by atoms with Gasteiger partial charge in [0.05, 0.1) is 18.4 Å². The van der Waals surface area contributed by atoms with Gasteiger partial charge in [-0.05, 0) is 19.1 Å². The fourth-order valence-corrected chi connectivity index (χ4v) is 2.19. The maximum absolute atomic E-state index is 11.4. The van der Waals surface area contributed by atoms with Crippen molar-refractivity contribution in [1.82, 2.24) is 4.98 Å². The Kier molecular flexibility index (Phi) is 3.75. The number of nitrogens with zero attached hydrogens (tertiary/aromatic N) is 2. The molecule has 2 rings (SSSR count). The first-order valence-corrected chi connectivity index (χ1v) is 6.16. The van der Waals surface area contributed by atoms with Crippen molar-refractivity contribution < 1.29 is 14.6 Å². The largest absolute Gasteiger partial charge is 0.476 e. The number of pyridine rings is 1. The molecule has 2 unspecified atom stereocenters. The van der Waals surface area contributed by atoms with Crippen molar-refractivity contribution in [3.05, 3.63) is 12.1 Å². The first-order chi connectivity index (χ1) is 9.02. The predicted molar refractivity (Wildman–Crippen MR) is 70.8 cm³/mol. The number of carbonyl (C=O) groups is 1. The fraction of sp³-hybridized carbons (Fsp3) is 0.500. The van der Waals surface area contributed by atoms with Gasteiger partial charge in [0.25, 0.3) is 0 Å². The Labute approximate surface area is 111 Å². The van der Waals surface area contributed by atoms with Crippen LogP contribution in [-0.4, -0.2) is 41.3 Å². The minimum Gasteiger partial charge on any atom is -0.476 e. The molecule has 0 spiro atoms. The first-order valence-electron chi connectivity index (χ1n) is 6.16. The molecule has 1 aliphatic rings. The molecule has 1 amide bonds. The SMILES string of the molecule is CCOc1nc(N2CC(O)CC2C(N)=O)ccc1N. The van der Waals surface area contributed by atoms with Crippen LogP contribution in [0.5, 0.6) is 5.88 Å². The third-order valence-electron chi connectivity index (χ3n) is 3.06. The molecule has 1 fully saturated rings. The Morgan fingerprint density at radius 1 is 1.63 bits per heavy atom. The average Bonchev–Trinajstić information content (AvgIpc) is 2.75. The van der Waals surface area contributed by atoms with Gasteiger partial charge in [0.15, 0.2) is 0 Å². The lowest BCUT2D eigenvalue weighted by molar-refractivity contribution is -0.119. The summed E-state index contributed by atoms with van der Waals surface area (Å²) in [6.07, 6.45) is -0.280. The second-order valence-electron chi connectivity index (χ2n) is 4.46. The highest BCUT2D eigenvalue weighted by atomic mass is 16.5. The van der Waals surface area contributed by atoms with Crippen LogP contribution in [0.15, 0.2) is 12.1 Å². The number of nitrogen functional groups attached to an aromatic ring is 1. The molecule has 1 aromatic heterocycles. The van der Waals surface area contributed by atoms with Gasteiger partial charge in [-0.1, -0.05) is 0 Å². The number of β-amino-alcohol motifs (C(OH)–C–C–N with tert-alkyl or cyclic N) is 1. The third kappa shape index (κ3) is 2.70. The van der Waals surface area contributed by atoms with Crippen LogP contribution in [0.4, 0.5) is 11.5 Å². The lowest BCUT2D eigenvalue weighted by Crippen LogP contribution is -2.40. The van der Waals surface area contributed by atoms with Gasteiger partial charge in [-0.15, -0.1) is 0 Å². The molecular formula is C12H18N4O3. The molecule has 19 heavy (non-hydrogen) atoms. The van der Waals surface area contributed by atoms with Crippen LogP contribution >= 0.6 is 0 Å². The minimum absolute atomic E-state index is 0.311. The van der Waals surface area contributed by atoms with Gasteiger partial charge >= 0.3 is 0 Å². The van der Waals surface area contributed by atoms with E-state index in [9.17, 15) is 9.90 Å². The van der Waals surface area contributed by atoms with Gasteiger partial charge in [0.1, 0.15) is 11.9 Å². The summed E-state index contributed by atoms with van der Waals surface area (Å²) < 4.78 is 5.32.